The lowest BCUT2D eigenvalue weighted by Gasteiger charge is -2.30. The maximum Gasteiger partial charge on any atom is 0.185 e. The van der Waals surface area contributed by atoms with Crippen molar-refractivity contribution in [3.63, 3.8) is 0 Å². The SMILES string of the molecule is CC1CN(c2ncc(CNC3CC3)s2)CCO1. The highest BCUT2D eigenvalue weighted by atomic mass is 32.1. The van der Waals surface area contributed by atoms with Crippen LogP contribution in [0.1, 0.15) is 24.6 Å². The van der Waals surface area contributed by atoms with Gasteiger partial charge in [0.25, 0.3) is 0 Å². The Kier molecular flexibility index (Phi) is 3.31. The Hall–Kier alpha value is -0.650. The first kappa shape index (κ1) is 11.4. The summed E-state index contributed by atoms with van der Waals surface area (Å²) in [4.78, 5) is 8.19. The molecule has 1 aromatic heterocycles. The molecule has 1 N–H and O–H groups in total. The molecule has 0 radical (unpaired) electrons. The molecule has 5 heteroatoms. The predicted molar refractivity (Wildman–Crippen MR) is 69.6 cm³/mol. The zero-order valence-corrected chi connectivity index (χ0v) is 11.0. The maximum absolute atomic E-state index is 5.55. The van der Waals surface area contributed by atoms with Crippen LogP contribution in [0.2, 0.25) is 0 Å². The van der Waals surface area contributed by atoms with Crippen molar-refractivity contribution < 1.29 is 4.74 Å². The second-order valence-electron chi connectivity index (χ2n) is 4.89. The average molecular weight is 253 g/mol. The number of morpholine rings is 1. The number of ether oxygens (including phenoxy) is 1. The van der Waals surface area contributed by atoms with Crippen LogP contribution in [-0.4, -0.2) is 36.8 Å². The van der Waals surface area contributed by atoms with E-state index in [1.807, 2.05) is 17.5 Å². The number of anilines is 1. The second-order valence-corrected chi connectivity index (χ2v) is 5.99. The number of nitrogens with one attached hydrogen (secondary N) is 1. The highest BCUT2D eigenvalue weighted by Gasteiger charge is 2.22. The van der Waals surface area contributed by atoms with E-state index in [2.05, 4.69) is 22.1 Å². The molecule has 1 aromatic rings. The summed E-state index contributed by atoms with van der Waals surface area (Å²) in [6, 6.07) is 0.768. The van der Waals surface area contributed by atoms with Crippen molar-refractivity contribution in [1.82, 2.24) is 10.3 Å². The summed E-state index contributed by atoms with van der Waals surface area (Å²) >= 11 is 1.81. The molecule has 2 heterocycles. The first-order chi connectivity index (χ1) is 8.31. The van der Waals surface area contributed by atoms with Gasteiger partial charge in [0.05, 0.1) is 12.7 Å². The van der Waals surface area contributed by atoms with Crippen molar-refractivity contribution in [3.8, 4) is 0 Å². The highest BCUT2D eigenvalue weighted by Crippen LogP contribution is 2.25. The zero-order valence-electron chi connectivity index (χ0n) is 10.2. The van der Waals surface area contributed by atoms with E-state index >= 15 is 0 Å². The molecule has 0 aromatic carbocycles. The van der Waals surface area contributed by atoms with Gasteiger partial charge < -0.3 is 15.0 Å². The Labute approximate surface area is 106 Å². The van der Waals surface area contributed by atoms with Crippen LogP contribution < -0.4 is 10.2 Å². The lowest BCUT2D eigenvalue weighted by atomic mass is 10.3. The number of nitrogens with zero attached hydrogens (tertiary/aromatic N) is 2. The molecular formula is C12H19N3OS. The fourth-order valence-corrected chi connectivity index (χ4v) is 2.95. The van der Waals surface area contributed by atoms with Crippen molar-refractivity contribution in [2.24, 2.45) is 0 Å². The summed E-state index contributed by atoms with van der Waals surface area (Å²) in [5.41, 5.74) is 0. The van der Waals surface area contributed by atoms with Crippen LogP contribution in [0.15, 0.2) is 6.20 Å². The molecule has 94 valence electrons. The first-order valence-corrected chi connectivity index (χ1v) is 7.17. The van der Waals surface area contributed by atoms with Crippen LogP contribution in [0.4, 0.5) is 5.13 Å². The van der Waals surface area contributed by atoms with Crippen LogP contribution >= 0.6 is 11.3 Å². The molecule has 1 atom stereocenters. The van der Waals surface area contributed by atoms with E-state index in [0.717, 1.165) is 37.4 Å². The molecule has 2 fully saturated rings. The van der Waals surface area contributed by atoms with Crippen molar-refractivity contribution in [3.05, 3.63) is 11.1 Å². The summed E-state index contributed by atoms with van der Waals surface area (Å²) in [5.74, 6) is 0. The third kappa shape index (κ3) is 2.97. The fraction of sp³-hybridized carbons (Fsp3) is 0.750. The Morgan fingerprint density at radius 2 is 2.47 bits per heavy atom. The number of aromatic nitrogens is 1. The van der Waals surface area contributed by atoms with E-state index in [1.165, 1.54) is 17.7 Å². The lowest BCUT2D eigenvalue weighted by molar-refractivity contribution is 0.0532. The minimum Gasteiger partial charge on any atom is -0.375 e. The topological polar surface area (TPSA) is 37.4 Å². The summed E-state index contributed by atoms with van der Waals surface area (Å²) < 4.78 is 5.55. The van der Waals surface area contributed by atoms with Gasteiger partial charge in [-0.2, -0.15) is 0 Å². The average Bonchev–Trinajstić information content (AvgIpc) is 3.04. The molecule has 0 amide bonds. The molecule has 1 unspecified atom stereocenters. The van der Waals surface area contributed by atoms with E-state index in [0.29, 0.717) is 6.10 Å². The van der Waals surface area contributed by atoms with Crippen LogP contribution in [-0.2, 0) is 11.3 Å². The molecule has 1 aliphatic carbocycles. The van der Waals surface area contributed by atoms with Gasteiger partial charge in [-0.1, -0.05) is 0 Å². The molecule has 4 nitrogen and oxygen atoms in total. The number of hydrogen-bond acceptors (Lipinski definition) is 5. The summed E-state index contributed by atoms with van der Waals surface area (Å²) in [6.45, 7) is 5.84. The fourth-order valence-electron chi connectivity index (χ4n) is 2.05. The molecule has 0 bridgehead atoms. The van der Waals surface area contributed by atoms with E-state index in [4.69, 9.17) is 4.74 Å². The summed E-state index contributed by atoms with van der Waals surface area (Å²) in [7, 11) is 0. The molecule has 3 rings (SSSR count). The molecule has 1 saturated carbocycles. The minimum atomic E-state index is 0.320. The smallest absolute Gasteiger partial charge is 0.185 e. The Morgan fingerprint density at radius 1 is 1.59 bits per heavy atom. The molecular weight excluding hydrogens is 234 g/mol. The standard InChI is InChI=1S/C12H19N3OS/c1-9-8-15(4-5-16-9)12-14-7-11(17-12)6-13-10-2-3-10/h7,9-10,13H,2-6,8H2,1H3. The van der Waals surface area contributed by atoms with E-state index in [1.54, 1.807) is 0 Å². The van der Waals surface area contributed by atoms with Crippen molar-refractivity contribution >= 4 is 16.5 Å². The van der Waals surface area contributed by atoms with Gasteiger partial charge in [0, 0.05) is 36.8 Å². The molecule has 0 spiro atoms. The summed E-state index contributed by atoms with van der Waals surface area (Å²) in [6.07, 6.45) is 5.01. The zero-order chi connectivity index (χ0) is 11.7. The van der Waals surface area contributed by atoms with E-state index < -0.39 is 0 Å². The minimum absolute atomic E-state index is 0.320. The van der Waals surface area contributed by atoms with Gasteiger partial charge in [0.15, 0.2) is 5.13 Å². The van der Waals surface area contributed by atoms with Gasteiger partial charge in [-0.3, -0.25) is 0 Å². The normalized spacial score (nSPS) is 25.2. The van der Waals surface area contributed by atoms with Crippen LogP contribution in [0.5, 0.6) is 0 Å². The van der Waals surface area contributed by atoms with Crippen LogP contribution in [0.3, 0.4) is 0 Å². The Balaban J connectivity index is 1.58. The maximum atomic E-state index is 5.55. The van der Waals surface area contributed by atoms with Crippen molar-refractivity contribution in [2.45, 2.75) is 38.5 Å². The van der Waals surface area contributed by atoms with Gasteiger partial charge in [0.1, 0.15) is 0 Å². The van der Waals surface area contributed by atoms with Crippen LogP contribution in [0.25, 0.3) is 0 Å². The number of thiazole rings is 1. The van der Waals surface area contributed by atoms with Gasteiger partial charge in [-0.05, 0) is 19.8 Å². The van der Waals surface area contributed by atoms with Gasteiger partial charge in [0.2, 0.25) is 0 Å². The number of rotatable bonds is 4. The molecule has 1 saturated heterocycles. The van der Waals surface area contributed by atoms with Crippen molar-refractivity contribution in [1.29, 1.82) is 0 Å². The van der Waals surface area contributed by atoms with Crippen LogP contribution in [0, 0.1) is 0 Å². The predicted octanol–water partition coefficient (Wildman–Crippen LogP) is 1.62. The van der Waals surface area contributed by atoms with E-state index in [-0.39, 0.29) is 0 Å². The van der Waals surface area contributed by atoms with Gasteiger partial charge >= 0.3 is 0 Å². The summed E-state index contributed by atoms with van der Waals surface area (Å²) in [5, 5.41) is 4.67. The second kappa shape index (κ2) is 4.92. The highest BCUT2D eigenvalue weighted by molar-refractivity contribution is 7.15. The van der Waals surface area contributed by atoms with Crippen molar-refractivity contribution in [2.75, 3.05) is 24.6 Å². The Morgan fingerprint density at radius 3 is 3.24 bits per heavy atom. The molecule has 2 aliphatic rings. The molecule has 17 heavy (non-hydrogen) atoms. The first-order valence-electron chi connectivity index (χ1n) is 6.36. The third-order valence-electron chi connectivity index (χ3n) is 3.20. The Bertz CT molecular complexity index is 378. The monoisotopic (exact) mass is 253 g/mol. The quantitative estimate of drug-likeness (QED) is 0.885. The largest absolute Gasteiger partial charge is 0.375 e. The molecule has 1 aliphatic heterocycles. The van der Waals surface area contributed by atoms with E-state index in [9.17, 15) is 0 Å². The third-order valence-corrected chi connectivity index (χ3v) is 4.25. The number of hydrogen-bond donors (Lipinski definition) is 1. The lowest BCUT2D eigenvalue weighted by Crippen LogP contribution is -2.41. The van der Waals surface area contributed by atoms with Gasteiger partial charge in [-0.15, -0.1) is 11.3 Å². The van der Waals surface area contributed by atoms with Gasteiger partial charge in [-0.25, -0.2) is 4.98 Å².